The molecule has 86 valence electrons. The molecular formula is C10H8F2O4. The minimum Gasteiger partial charge on any atom is -0.478 e. The van der Waals surface area contributed by atoms with Crippen molar-refractivity contribution in [3.8, 4) is 0 Å². The van der Waals surface area contributed by atoms with Crippen LogP contribution in [0, 0.1) is 6.92 Å². The summed E-state index contributed by atoms with van der Waals surface area (Å²) in [5, 5.41) is 17.5. The Labute approximate surface area is 89.1 Å². The normalized spacial score (nSPS) is 10.5. The van der Waals surface area contributed by atoms with Gasteiger partial charge in [0.05, 0.1) is 11.1 Å². The maximum absolute atomic E-state index is 12.5. The van der Waals surface area contributed by atoms with Gasteiger partial charge in [-0.05, 0) is 18.6 Å². The van der Waals surface area contributed by atoms with E-state index in [0.717, 1.165) is 12.1 Å². The number of benzene rings is 1. The van der Waals surface area contributed by atoms with Crippen molar-refractivity contribution in [1.82, 2.24) is 0 Å². The number of rotatable bonds is 3. The summed E-state index contributed by atoms with van der Waals surface area (Å²) in [5.74, 6) is -2.91. The standard InChI is InChI=1S/C10H8F2O4/c1-4-5(9(13)14)2-3-6(8(11)12)7(4)10(15)16/h2-3,8H,1H3,(H,13,14)(H,15,16). The second-order valence-corrected chi connectivity index (χ2v) is 3.11. The molecule has 0 aliphatic carbocycles. The average molecular weight is 230 g/mol. The zero-order valence-electron chi connectivity index (χ0n) is 8.20. The zero-order chi connectivity index (χ0) is 12.5. The van der Waals surface area contributed by atoms with E-state index in [0.29, 0.717) is 0 Å². The van der Waals surface area contributed by atoms with Crippen molar-refractivity contribution in [2.75, 3.05) is 0 Å². The van der Waals surface area contributed by atoms with Crippen LogP contribution in [0.25, 0.3) is 0 Å². The van der Waals surface area contributed by atoms with Gasteiger partial charge in [0.15, 0.2) is 0 Å². The Morgan fingerprint density at radius 1 is 1.19 bits per heavy atom. The summed E-state index contributed by atoms with van der Waals surface area (Å²) < 4.78 is 25.0. The molecule has 0 aromatic heterocycles. The molecular weight excluding hydrogens is 222 g/mol. The fourth-order valence-electron chi connectivity index (χ4n) is 1.43. The van der Waals surface area contributed by atoms with Crippen molar-refractivity contribution < 1.29 is 28.6 Å². The highest BCUT2D eigenvalue weighted by atomic mass is 19.3. The Morgan fingerprint density at radius 2 is 1.75 bits per heavy atom. The van der Waals surface area contributed by atoms with E-state index in [1.54, 1.807) is 0 Å². The Balaban J connectivity index is 3.54. The molecule has 4 nitrogen and oxygen atoms in total. The lowest BCUT2D eigenvalue weighted by molar-refractivity contribution is 0.0683. The molecule has 2 N–H and O–H groups in total. The molecule has 0 heterocycles. The van der Waals surface area contributed by atoms with Crippen molar-refractivity contribution in [3.05, 3.63) is 34.4 Å². The molecule has 0 saturated carbocycles. The highest BCUT2D eigenvalue weighted by molar-refractivity contribution is 5.97. The molecule has 0 saturated heterocycles. The van der Waals surface area contributed by atoms with Crippen molar-refractivity contribution in [2.45, 2.75) is 13.3 Å². The molecule has 0 unspecified atom stereocenters. The molecule has 0 radical (unpaired) electrons. The minimum absolute atomic E-state index is 0.169. The van der Waals surface area contributed by atoms with Gasteiger partial charge in [-0.15, -0.1) is 0 Å². The Kier molecular flexibility index (Phi) is 3.22. The van der Waals surface area contributed by atoms with E-state index < -0.39 is 29.5 Å². The van der Waals surface area contributed by atoms with Gasteiger partial charge >= 0.3 is 11.9 Å². The van der Waals surface area contributed by atoms with E-state index in [1.807, 2.05) is 0 Å². The SMILES string of the molecule is Cc1c(C(=O)O)ccc(C(F)F)c1C(=O)O. The highest BCUT2D eigenvalue weighted by Crippen LogP contribution is 2.27. The monoisotopic (exact) mass is 230 g/mol. The van der Waals surface area contributed by atoms with Crippen LogP contribution < -0.4 is 0 Å². The number of carboxylic acid groups (broad SMARTS) is 2. The molecule has 1 rings (SSSR count). The Morgan fingerprint density at radius 3 is 2.12 bits per heavy atom. The lowest BCUT2D eigenvalue weighted by atomic mass is 9.97. The molecule has 0 aliphatic rings. The first-order valence-electron chi connectivity index (χ1n) is 4.24. The van der Waals surface area contributed by atoms with Crippen LogP contribution in [-0.4, -0.2) is 22.2 Å². The summed E-state index contributed by atoms with van der Waals surface area (Å²) in [6.45, 7) is 1.19. The van der Waals surface area contributed by atoms with Gasteiger partial charge in [-0.25, -0.2) is 18.4 Å². The first kappa shape index (κ1) is 12.1. The number of carbonyl (C=O) groups is 2. The molecule has 1 aromatic carbocycles. The van der Waals surface area contributed by atoms with Gasteiger partial charge in [0.25, 0.3) is 6.43 Å². The quantitative estimate of drug-likeness (QED) is 0.835. The van der Waals surface area contributed by atoms with E-state index in [2.05, 4.69) is 0 Å². The number of carboxylic acids is 2. The maximum atomic E-state index is 12.5. The van der Waals surface area contributed by atoms with Crippen molar-refractivity contribution in [2.24, 2.45) is 0 Å². The minimum atomic E-state index is -2.95. The summed E-state index contributed by atoms with van der Waals surface area (Å²) in [6, 6.07) is 1.80. The van der Waals surface area contributed by atoms with Crippen LogP contribution in [0.1, 0.15) is 38.3 Å². The van der Waals surface area contributed by atoms with Crippen LogP contribution >= 0.6 is 0 Å². The van der Waals surface area contributed by atoms with Gasteiger partial charge in [0, 0.05) is 5.56 Å². The third-order valence-corrected chi connectivity index (χ3v) is 2.18. The molecule has 0 fully saturated rings. The van der Waals surface area contributed by atoms with Crippen molar-refractivity contribution in [1.29, 1.82) is 0 Å². The molecule has 0 amide bonds. The second kappa shape index (κ2) is 4.26. The van der Waals surface area contributed by atoms with Crippen LogP contribution in [0.3, 0.4) is 0 Å². The number of halogens is 2. The molecule has 1 aromatic rings. The van der Waals surface area contributed by atoms with E-state index in [1.165, 1.54) is 6.92 Å². The summed E-state index contributed by atoms with van der Waals surface area (Å²) >= 11 is 0. The van der Waals surface area contributed by atoms with E-state index in [-0.39, 0.29) is 11.1 Å². The Hall–Kier alpha value is -1.98. The summed E-state index contributed by atoms with van der Waals surface area (Å²) in [4.78, 5) is 21.5. The van der Waals surface area contributed by atoms with Crippen LogP contribution in [-0.2, 0) is 0 Å². The fourth-order valence-corrected chi connectivity index (χ4v) is 1.43. The van der Waals surface area contributed by atoms with E-state index >= 15 is 0 Å². The van der Waals surface area contributed by atoms with Gasteiger partial charge in [0.2, 0.25) is 0 Å². The number of hydrogen-bond acceptors (Lipinski definition) is 2. The van der Waals surface area contributed by atoms with Gasteiger partial charge in [-0.1, -0.05) is 6.07 Å². The second-order valence-electron chi connectivity index (χ2n) is 3.11. The topological polar surface area (TPSA) is 74.6 Å². The van der Waals surface area contributed by atoms with Crippen LogP contribution in [0.2, 0.25) is 0 Å². The first-order chi connectivity index (χ1) is 7.36. The van der Waals surface area contributed by atoms with Gasteiger partial charge in [-0.2, -0.15) is 0 Å². The number of aromatic carboxylic acids is 2. The molecule has 0 bridgehead atoms. The molecule has 0 spiro atoms. The lowest BCUT2D eigenvalue weighted by Gasteiger charge is -2.10. The fraction of sp³-hybridized carbons (Fsp3) is 0.200. The summed E-state index contributed by atoms with van der Waals surface area (Å²) in [6.07, 6.45) is -2.95. The smallest absolute Gasteiger partial charge is 0.336 e. The largest absolute Gasteiger partial charge is 0.478 e. The van der Waals surface area contributed by atoms with Gasteiger partial charge in [-0.3, -0.25) is 0 Å². The van der Waals surface area contributed by atoms with Crippen molar-refractivity contribution >= 4 is 11.9 Å². The van der Waals surface area contributed by atoms with Crippen LogP contribution in [0.15, 0.2) is 12.1 Å². The van der Waals surface area contributed by atoms with Gasteiger partial charge in [0.1, 0.15) is 0 Å². The van der Waals surface area contributed by atoms with Crippen molar-refractivity contribution in [3.63, 3.8) is 0 Å². The third kappa shape index (κ3) is 2.00. The zero-order valence-corrected chi connectivity index (χ0v) is 8.20. The maximum Gasteiger partial charge on any atom is 0.336 e. The molecule has 0 aliphatic heterocycles. The average Bonchev–Trinajstić information content (AvgIpc) is 2.15. The van der Waals surface area contributed by atoms with Gasteiger partial charge < -0.3 is 10.2 Å². The van der Waals surface area contributed by atoms with Crippen LogP contribution in [0.4, 0.5) is 8.78 Å². The first-order valence-corrected chi connectivity index (χ1v) is 4.24. The molecule has 6 heteroatoms. The van der Waals surface area contributed by atoms with Crippen LogP contribution in [0.5, 0.6) is 0 Å². The predicted molar refractivity (Wildman–Crippen MR) is 50.1 cm³/mol. The highest BCUT2D eigenvalue weighted by Gasteiger charge is 2.23. The molecule has 0 atom stereocenters. The third-order valence-electron chi connectivity index (χ3n) is 2.18. The number of hydrogen-bond donors (Lipinski definition) is 2. The molecule has 16 heavy (non-hydrogen) atoms. The summed E-state index contributed by atoms with van der Waals surface area (Å²) in [7, 11) is 0. The van der Waals surface area contributed by atoms with E-state index in [9.17, 15) is 18.4 Å². The summed E-state index contributed by atoms with van der Waals surface area (Å²) in [5.41, 5.74) is -1.77. The number of alkyl halides is 2. The predicted octanol–water partition coefficient (Wildman–Crippen LogP) is 2.33. The lowest BCUT2D eigenvalue weighted by Crippen LogP contribution is -2.10. The van der Waals surface area contributed by atoms with E-state index in [4.69, 9.17) is 10.2 Å². The Bertz CT molecular complexity index is 454.